The molecule has 1 saturated heterocycles. The Bertz CT molecular complexity index is 485. The van der Waals surface area contributed by atoms with Crippen molar-refractivity contribution in [2.75, 3.05) is 0 Å². The minimum absolute atomic E-state index is 0.0511. The number of quaternary nitrogens is 1. The van der Waals surface area contributed by atoms with E-state index in [1.807, 2.05) is 62.9 Å². The van der Waals surface area contributed by atoms with Crippen LogP contribution in [-0.2, 0) is 11.3 Å². The largest absolute Gasteiger partial charge is 0.633 e. The summed E-state index contributed by atoms with van der Waals surface area (Å²) in [4.78, 5) is 12.1. The molecule has 2 N–H and O–H groups in total. The van der Waals surface area contributed by atoms with Crippen LogP contribution in [0.4, 0.5) is 0 Å². The van der Waals surface area contributed by atoms with E-state index in [1.54, 1.807) is 0 Å². The summed E-state index contributed by atoms with van der Waals surface area (Å²) < 4.78 is 1.82. The third-order valence-corrected chi connectivity index (χ3v) is 4.22. The lowest BCUT2D eigenvalue weighted by atomic mass is 9.94. The summed E-state index contributed by atoms with van der Waals surface area (Å²) in [6, 6.07) is 5.59. The number of nitrogens with zero attached hydrogens (tertiary/aromatic N) is 1. The third-order valence-electron chi connectivity index (χ3n) is 4.22. The number of hydrogen-bond donors (Lipinski definition) is 2. The zero-order chi connectivity index (χ0) is 15.0. The molecule has 0 aromatic carbocycles. The van der Waals surface area contributed by atoms with E-state index in [-0.39, 0.29) is 29.1 Å². The van der Waals surface area contributed by atoms with Gasteiger partial charge in [-0.25, -0.2) is 0 Å². The molecule has 0 spiro atoms. The van der Waals surface area contributed by atoms with E-state index in [0.29, 0.717) is 6.42 Å². The Morgan fingerprint density at radius 3 is 2.40 bits per heavy atom. The molecule has 2 rings (SSSR count). The molecule has 20 heavy (non-hydrogen) atoms. The first kappa shape index (κ1) is 14.9. The first-order valence-corrected chi connectivity index (χ1v) is 7.02. The molecule has 2 heterocycles. The number of pyridine rings is 1. The Labute approximate surface area is 120 Å². The molecule has 2 unspecified atom stereocenters. The molecule has 0 saturated carbocycles. The van der Waals surface area contributed by atoms with E-state index < -0.39 is 5.54 Å². The van der Waals surface area contributed by atoms with Crippen LogP contribution >= 0.6 is 0 Å². The van der Waals surface area contributed by atoms with Gasteiger partial charge in [-0.1, -0.05) is 6.07 Å². The van der Waals surface area contributed by atoms with Crippen molar-refractivity contribution in [2.24, 2.45) is 0 Å². The normalized spacial score (nSPS) is 27.2. The fraction of sp³-hybridized carbons (Fsp3) is 0.600. The summed E-state index contributed by atoms with van der Waals surface area (Å²) in [6.45, 7) is 8.03. The monoisotopic (exact) mass is 278 g/mol. The average molecular weight is 278 g/mol. The Hall–Kier alpha value is -1.46. The summed E-state index contributed by atoms with van der Waals surface area (Å²) in [5.41, 5.74) is -0.859. The Kier molecular flexibility index (Phi) is 3.84. The van der Waals surface area contributed by atoms with E-state index in [4.69, 9.17) is 0 Å². The van der Waals surface area contributed by atoms with Gasteiger partial charge in [0, 0.05) is 18.6 Å². The maximum atomic E-state index is 12.3. The highest BCUT2D eigenvalue weighted by Crippen LogP contribution is 2.24. The number of rotatable bonds is 3. The minimum atomic E-state index is -0.499. The number of carbonyl (C=O) groups excluding carboxylic acids is 1. The van der Waals surface area contributed by atoms with Crippen molar-refractivity contribution >= 4 is 5.91 Å². The van der Waals surface area contributed by atoms with Crippen LogP contribution in [0.5, 0.6) is 0 Å². The van der Waals surface area contributed by atoms with E-state index in [1.165, 1.54) is 0 Å². The molecule has 1 aromatic rings. The molecule has 1 amide bonds. The van der Waals surface area contributed by atoms with Crippen molar-refractivity contribution in [1.82, 2.24) is 5.32 Å². The van der Waals surface area contributed by atoms with Crippen molar-refractivity contribution < 1.29 is 14.4 Å². The van der Waals surface area contributed by atoms with Crippen LogP contribution in [0.1, 0.15) is 34.1 Å². The molecule has 1 aromatic heterocycles. The van der Waals surface area contributed by atoms with Gasteiger partial charge in [-0.2, -0.15) is 4.57 Å². The van der Waals surface area contributed by atoms with E-state index >= 15 is 0 Å². The molecule has 0 bridgehead atoms. The summed E-state index contributed by atoms with van der Waals surface area (Å²) in [6.07, 6.45) is 4.41. The zero-order valence-electron chi connectivity index (χ0n) is 12.6. The standard InChI is InChI=1S/C15H23N3O2/c1-14(2)10-12(15(3,4)18(14)20)16-13(19)11-17-8-6-5-7-9-17/h5-9,12,18H,10-11H2,1-4H3/p+1. The predicted molar refractivity (Wildman–Crippen MR) is 75.7 cm³/mol. The van der Waals surface area contributed by atoms with Gasteiger partial charge < -0.3 is 15.6 Å². The predicted octanol–water partition coefficient (Wildman–Crippen LogP) is -0.197. The number of amides is 1. The van der Waals surface area contributed by atoms with E-state index in [0.717, 1.165) is 0 Å². The first-order valence-electron chi connectivity index (χ1n) is 7.02. The van der Waals surface area contributed by atoms with Crippen LogP contribution in [0.3, 0.4) is 0 Å². The van der Waals surface area contributed by atoms with Crippen molar-refractivity contribution in [3.8, 4) is 0 Å². The van der Waals surface area contributed by atoms with Crippen LogP contribution in [0, 0.1) is 5.21 Å². The Balaban J connectivity index is 2.02. The maximum absolute atomic E-state index is 12.3. The topological polar surface area (TPSA) is 60.5 Å². The molecule has 5 heteroatoms. The smallest absolute Gasteiger partial charge is 0.286 e. The van der Waals surface area contributed by atoms with Crippen LogP contribution < -0.4 is 14.9 Å². The number of nitrogens with one attached hydrogen (secondary N) is 2. The summed E-state index contributed by atoms with van der Waals surface area (Å²) in [7, 11) is 0. The van der Waals surface area contributed by atoms with Crippen molar-refractivity contribution in [1.29, 1.82) is 0 Å². The van der Waals surface area contributed by atoms with Crippen molar-refractivity contribution in [3.63, 3.8) is 0 Å². The van der Waals surface area contributed by atoms with Crippen molar-refractivity contribution in [3.05, 3.63) is 35.8 Å². The number of hydrogen-bond acceptors (Lipinski definition) is 2. The second kappa shape index (κ2) is 5.14. The van der Waals surface area contributed by atoms with Gasteiger partial charge in [0.05, 0.1) is 11.6 Å². The first-order chi connectivity index (χ1) is 9.23. The molecular formula is C15H24N3O2+. The van der Waals surface area contributed by atoms with Crippen molar-refractivity contribution in [2.45, 2.75) is 57.8 Å². The van der Waals surface area contributed by atoms with E-state index in [2.05, 4.69) is 5.32 Å². The minimum Gasteiger partial charge on any atom is -0.633 e. The molecule has 0 radical (unpaired) electrons. The summed E-state index contributed by atoms with van der Waals surface area (Å²) >= 11 is 0. The lowest BCUT2D eigenvalue weighted by Crippen LogP contribution is -3.20. The molecule has 1 aliphatic rings. The van der Waals surface area contributed by atoms with Crippen LogP contribution in [-0.4, -0.2) is 23.0 Å². The Morgan fingerprint density at radius 1 is 1.30 bits per heavy atom. The number of hydroxylamine groups is 2. The van der Waals surface area contributed by atoms with Gasteiger partial charge in [0.2, 0.25) is 6.54 Å². The summed E-state index contributed by atoms with van der Waals surface area (Å²) in [5.74, 6) is -0.0511. The highest BCUT2D eigenvalue weighted by atomic mass is 16.5. The summed E-state index contributed by atoms with van der Waals surface area (Å²) in [5, 5.41) is 15.6. The second-order valence-electron chi connectivity index (χ2n) is 6.81. The molecule has 5 nitrogen and oxygen atoms in total. The molecular weight excluding hydrogens is 254 g/mol. The fourth-order valence-corrected chi connectivity index (χ4v) is 3.07. The lowest BCUT2D eigenvalue weighted by Gasteiger charge is -2.41. The van der Waals surface area contributed by atoms with Gasteiger partial charge in [-0.15, -0.1) is 0 Å². The van der Waals surface area contributed by atoms with Gasteiger partial charge in [-0.05, 0) is 27.7 Å². The fourth-order valence-electron chi connectivity index (χ4n) is 3.07. The molecule has 0 aliphatic carbocycles. The van der Waals surface area contributed by atoms with Crippen LogP contribution in [0.15, 0.2) is 30.6 Å². The molecule has 1 aliphatic heterocycles. The zero-order valence-corrected chi connectivity index (χ0v) is 12.6. The van der Waals surface area contributed by atoms with E-state index in [9.17, 15) is 10.0 Å². The highest BCUT2D eigenvalue weighted by molar-refractivity contribution is 5.74. The quantitative estimate of drug-likeness (QED) is 0.594. The average Bonchev–Trinajstić information content (AvgIpc) is 2.51. The van der Waals surface area contributed by atoms with Gasteiger partial charge >= 0.3 is 0 Å². The highest BCUT2D eigenvalue weighted by Gasteiger charge is 2.52. The lowest BCUT2D eigenvalue weighted by molar-refractivity contribution is -0.932. The van der Waals surface area contributed by atoms with Gasteiger partial charge in [0.1, 0.15) is 5.54 Å². The van der Waals surface area contributed by atoms with Gasteiger partial charge in [0.15, 0.2) is 12.4 Å². The third kappa shape index (κ3) is 2.83. The maximum Gasteiger partial charge on any atom is 0.286 e. The molecule has 2 atom stereocenters. The number of aromatic nitrogens is 1. The molecule has 110 valence electrons. The number of carbonyl (C=O) groups is 1. The SMILES string of the molecule is CC1(C)CC(NC(=O)C[n+]2ccccc2)C(C)(C)[NH+]1[O-]. The van der Waals surface area contributed by atoms with Crippen LogP contribution in [0.2, 0.25) is 0 Å². The Morgan fingerprint density at radius 2 is 1.90 bits per heavy atom. The second-order valence-corrected chi connectivity index (χ2v) is 6.81. The molecule has 1 fully saturated rings. The van der Waals surface area contributed by atoms with Gasteiger partial charge in [0.25, 0.3) is 5.91 Å². The van der Waals surface area contributed by atoms with Gasteiger partial charge in [-0.3, -0.25) is 4.79 Å². The van der Waals surface area contributed by atoms with Crippen LogP contribution in [0.25, 0.3) is 0 Å².